The quantitative estimate of drug-likeness (QED) is 0.789. The van der Waals surface area contributed by atoms with Crippen LogP contribution in [0, 0.1) is 5.41 Å². The first-order valence-corrected chi connectivity index (χ1v) is 7.83. The summed E-state index contributed by atoms with van der Waals surface area (Å²) in [6.45, 7) is 9.41. The summed E-state index contributed by atoms with van der Waals surface area (Å²) in [6.07, 6.45) is 4.62. The van der Waals surface area contributed by atoms with Crippen LogP contribution in [0.3, 0.4) is 0 Å². The molecule has 0 aromatic carbocycles. The van der Waals surface area contributed by atoms with Crippen LogP contribution in [0.15, 0.2) is 22.9 Å². The van der Waals surface area contributed by atoms with Crippen LogP contribution >= 0.6 is 15.9 Å². The summed E-state index contributed by atoms with van der Waals surface area (Å²) in [7, 11) is 0. The molecule has 1 fully saturated rings. The van der Waals surface area contributed by atoms with Gasteiger partial charge in [-0.15, -0.1) is 0 Å². The molecule has 1 saturated heterocycles. The van der Waals surface area contributed by atoms with Crippen molar-refractivity contribution < 1.29 is 4.79 Å². The molecule has 0 N–H and O–H groups in total. The zero-order chi connectivity index (χ0) is 14.8. The van der Waals surface area contributed by atoms with E-state index in [1.165, 1.54) is 0 Å². The first-order chi connectivity index (χ1) is 9.39. The minimum atomic E-state index is -0.299. The van der Waals surface area contributed by atoms with Gasteiger partial charge in [0.2, 0.25) is 5.91 Å². The second-order valence-corrected chi connectivity index (χ2v) is 7.06. The Labute approximate surface area is 129 Å². The number of halogens is 1. The summed E-state index contributed by atoms with van der Waals surface area (Å²) in [5, 5.41) is 0. The highest BCUT2D eigenvalue weighted by molar-refractivity contribution is 9.10. The first kappa shape index (κ1) is 15.3. The third-order valence-electron chi connectivity index (χ3n) is 3.52. The van der Waals surface area contributed by atoms with Gasteiger partial charge >= 0.3 is 0 Å². The van der Waals surface area contributed by atoms with Crippen LogP contribution in [0.5, 0.6) is 0 Å². The number of carbonyl (C=O) groups is 1. The van der Waals surface area contributed by atoms with E-state index in [0.717, 1.165) is 42.8 Å². The molecule has 2 rings (SSSR count). The van der Waals surface area contributed by atoms with E-state index in [1.807, 2.05) is 44.1 Å². The fourth-order valence-corrected chi connectivity index (χ4v) is 2.96. The third-order valence-corrected chi connectivity index (χ3v) is 4.13. The number of pyridine rings is 1. The summed E-state index contributed by atoms with van der Waals surface area (Å²) >= 11 is 3.55. The molecule has 5 heteroatoms. The van der Waals surface area contributed by atoms with Crippen molar-refractivity contribution in [3.8, 4) is 0 Å². The fourth-order valence-electron chi connectivity index (χ4n) is 2.46. The molecular weight excluding hydrogens is 318 g/mol. The lowest BCUT2D eigenvalue weighted by atomic mass is 9.94. The predicted octanol–water partition coefficient (Wildman–Crippen LogP) is 2.93. The predicted molar refractivity (Wildman–Crippen MR) is 84.8 cm³/mol. The van der Waals surface area contributed by atoms with Gasteiger partial charge in [-0.05, 0) is 28.4 Å². The van der Waals surface area contributed by atoms with Crippen molar-refractivity contribution in [2.24, 2.45) is 5.41 Å². The number of hydrogen-bond donors (Lipinski definition) is 0. The van der Waals surface area contributed by atoms with Crippen molar-refractivity contribution in [2.75, 3.05) is 31.1 Å². The molecule has 20 heavy (non-hydrogen) atoms. The van der Waals surface area contributed by atoms with Crippen molar-refractivity contribution in [2.45, 2.75) is 27.2 Å². The molecular formula is C15H22BrN3O. The Bertz CT molecular complexity index is 484. The molecule has 0 spiro atoms. The Kier molecular flexibility index (Phi) is 4.68. The van der Waals surface area contributed by atoms with Crippen LogP contribution in [0.1, 0.15) is 27.2 Å². The standard InChI is InChI=1S/C15H22BrN3O/c1-15(2,3)14(20)19-8-4-7-18(9-10-19)13-5-6-17-11-12(13)16/h5-6,11H,4,7-10H2,1-3H3. The number of nitrogens with zero attached hydrogens (tertiary/aromatic N) is 3. The van der Waals surface area contributed by atoms with E-state index >= 15 is 0 Å². The summed E-state index contributed by atoms with van der Waals surface area (Å²) in [6, 6.07) is 2.02. The highest BCUT2D eigenvalue weighted by atomic mass is 79.9. The molecule has 110 valence electrons. The van der Waals surface area contributed by atoms with E-state index < -0.39 is 0 Å². The lowest BCUT2D eigenvalue weighted by Crippen LogP contribution is -2.41. The van der Waals surface area contributed by atoms with Crippen molar-refractivity contribution in [3.63, 3.8) is 0 Å². The molecule has 0 bridgehead atoms. The second-order valence-electron chi connectivity index (χ2n) is 6.21. The maximum Gasteiger partial charge on any atom is 0.228 e. The first-order valence-electron chi connectivity index (χ1n) is 7.03. The van der Waals surface area contributed by atoms with Gasteiger partial charge in [0.25, 0.3) is 0 Å². The topological polar surface area (TPSA) is 36.4 Å². The van der Waals surface area contributed by atoms with Gasteiger partial charge in [0, 0.05) is 44.0 Å². The van der Waals surface area contributed by atoms with Gasteiger partial charge in [-0.2, -0.15) is 0 Å². The summed E-state index contributed by atoms with van der Waals surface area (Å²) < 4.78 is 1.01. The van der Waals surface area contributed by atoms with Gasteiger partial charge in [-0.1, -0.05) is 20.8 Å². The van der Waals surface area contributed by atoms with E-state index in [-0.39, 0.29) is 11.3 Å². The maximum absolute atomic E-state index is 12.4. The van der Waals surface area contributed by atoms with E-state index in [0.29, 0.717) is 0 Å². The smallest absolute Gasteiger partial charge is 0.228 e. The SMILES string of the molecule is CC(C)(C)C(=O)N1CCCN(c2ccncc2Br)CC1. The van der Waals surface area contributed by atoms with Crippen molar-refractivity contribution in [3.05, 3.63) is 22.9 Å². The molecule has 1 aliphatic heterocycles. The van der Waals surface area contributed by atoms with Crippen LogP contribution < -0.4 is 4.90 Å². The second kappa shape index (κ2) is 6.12. The zero-order valence-corrected chi connectivity index (χ0v) is 14.0. The van der Waals surface area contributed by atoms with Crippen LogP contribution in [-0.2, 0) is 4.79 Å². The Morgan fingerprint density at radius 3 is 2.65 bits per heavy atom. The van der Waals surface area contributed by atoms with Crippen LogP contribution in [0.4, 0.5) is 5.69 Å². The fraction of sp³-hybridized carbons (Fsp3) is 0.600. The molecule has 0 aliphatic carbocycles. The molecule has 0 unspecified atom stereocenters. The molecule has 0 atom stereocenters. The number of anilines is 1. The van der Waals surface area contributed by atoms with Gasteiger partial charge < -0.3 is 9.80 Å². The van der Waals surface area contributed by atoms with Crippen LogP contribution in [0.25, 0.3) is 0 Å². The normalized spacial score (nSPS) is 17.0. The number of amides is 1. The zero-order valence-electron chi connectivity index (χ0n) is 12.4. The maximum atomic E-state index is 12.4. The van der Waals surface area contributed by atoms with Gasteiger partial charge in [0.15, 0.2) is 0 Å². The Morgan fingerprint density at radius 1 is 1.25 bits per heavy atom. The number of rotatable bonds is 1. The van der Waals surface area contributed by atoms with E-state index in [2.05, 4.69) is 25.8 Å². The Balaban J connectivity index is 2.07. The van der Waals surface area contributed by atoms with E-state index in [9.17, 15) is 4.79 Å². The molecule has 1 aromatic rings. The van der Waals surface area contributed by atoms with E-state index in [4.69, 9.17) is 0 Å². The lowest BCUT2D eigenvalue weighted by molar-refractivity contribution is -0.139. The lowest BCUT2D eigenvalue weighted by Gasteiger charge is -2.29. The van der Waals surface area contributed by atoms with Gasteiger partial charge in [-0.3, -0.25) is 9.78 Å². The molecule has 0 saturated carbocycles. The van der Waals surface area contributed by atoms with Gasteiger partial charge in [0.05, 0.1) is 10.2 Å². The van der Waals surface area contributed by atoms with Gasteiger partial charge in [0.1, 0.15) is 0 Å². The van der Waals surface area contributed by atoms with Crippen molar-refractivity contribution in [1.82, 2.24) is 9.88 Å². The molecule has 1 aliphatic rings. The summed E-state index contributed by atoms with van der Waals surface area (Å²) in [5.41, 5.74) is 0.858. The molecule has 1 aromatic heterocycles. The number of carbonyl (C=O) groups excluding carboxylic acids is 1. The van der Waals surface area contributed by atoms with Crippen molar-refractivity contribution in [1.29, 1.82) is 0 Å². The molecule has 1 amide bonds. The molecule has 0 radical (unpaired) electrons. The largest absolute Gasteiger partial charge is 0.369 e. The summed E-state index contributed by atoms with van der Waals surface area (Å²) in [5.74, 6) is 0.244. The summed E-state index contributed by atoms with van der Waals surface area (Å²) in [4.78, 5) is 20.8. The average Bonchev–Trinajstić information content (AvgIpc) is 2.63. The van der Waals surface area contributed by atoms with Gasteiger partial charge in [-0.25, -0.2) is 0 Å². The number of aromatic nitrogens is 1. The molecule has 2 heterocycles. The van der Waals surface area contributed by atoms with Crippen LogP contribution in [0.2, 0.25) is 0 Å². The van der Waals surface area contributed by atoms with E-state index in [1.54, 1.807) is 0 Å². The Hall–Kier alpha value is -1.10. The minimum Gasteiger partial charge on any atom is -0.369 e. The number of hydrogen-bond acceptors (Lipinski definition) is 3. The highest BCUT2D eigenvalue weighted by Crippen LogP contribution is 2.26. The average molecular weight is 340 g/mol. The third kappa shape index (κ3) is 3.51. The van der Waals surface area contributed by atoms with Crippen molar-refractivity contribution >= 4 is 27.5 Å². The molecule has 4 nitrogen and oxygen atoms in total. The van der Waals surface area contributed by atoms with Crippen LogP contribution in [-0.4, -0.2) is 42.0 Å². The highest BCUT2D eigenvalue weighted by Gasteiger charge is 2.28. The Morgan fingerprint density at radius 2 is 2.00 bits per heavy atom. The minimum absolute atomic E-state index is 0.244. The monoisotopic (exact) mass is 339 g/mol.